The summed E-state index contributed by atoms with van der Waals surface area (Å²) >= 11 is 0. The summed E-state index contributed by atoms with van der Waals surface area (Å²) in [6.45, 7) is 0.209. The molecule has 98 valence electrons. The van der Waals surface area contributed by atoms with Gasteiger partial charge in [0.15, 0.2) is 11.5 Å². The molecule has 0 aromatic heterocycles. The Morgan fingerprint density at radius 2 is 2.21 bits per heavy atom. The van der Waals surface area contributed by atoms with Crippen molar-refractivity contribution >= 4 is 5.97 Å². The van der Waals surface area contributed by atoms with E-state index in [1.54, 1.807) is 24.3 Å². The van der Waals surface area contributed by atoms with Gasteiger partial charge in [-0.25, -0.2) is 4.79 Å². The lowest BCUT2D eigenvalue weighted by molar-refractivity contribution is -0.135. The summed E-state index contributed by atoms with van der Waals surface area (Å²) in [6, 6.07) is 5.18. The molecule has 1 aromatic rings. The highest BCUT2D eigenvalue weighted by Crippen LogP contribution is 2.32. The number of hydrogen-bond donors (Lipinski definition) is 1. The number of benzene rings is 1. The minimum Gasteiger partial charge on any atom is -0.454 e. The highest BCUT2D eigenvalue weighted by molar-refractivity contribution is 5.89. The Morgan fingerprint density at radius 1 is 1.37 bits per heavy atom. The van der Waals surface area contributed by atoms with Crippen LogP contribution >= 0.6 is 0 Å². The second-order valence-corrected chi connectivity index (χ2v) is 3.57. The van der Waals surface area contributed by atoms with E-state index in [0.717, 1.165) is 0 Å². The molecule has 0 saturated heterocycles. The monoisotopic (exact) mass is 260 g/mol. The standard InChI is InChI=1S/C14H12O5/c15-7-1-2-8-17-14(16)6-4-11-3-5-12-13(9-11)19-10-18-12/h1-3,5,9,15H,7-8,10H2/b2-1-. The third-order valence-corrected chi connectivity index (χ3v) is 2.26. The van der Waals surface area contributed by atoms with Gasteiger partial charge in [-0.05, 0) is 24.3 Å². The Bertz CT molecular complexity index is 551. The van der Waals surface area contributed by atoms with E-state index in [1.165, 1.54) is 6.08 Å². The van der Waals surface area contributed by atoms with Crippen LogP contribution in [0.15, 0.2) is 30.4 Å². The first kappa shape index (κ1) is 13.0. The summed E-state index contributed by atoms with van der Waals surface area (Å²) in [7, 11) is 0. The predicted octanol–water partition coefficient (Wildman–Crippen LogP) is 0.858. The van der Waals surface area contributed by atoms with E-state index >= 15 is 0 Å². The topological polar surface area (TPSA) is 65.0 Å². The summed E-state index contributed by atoms with van der Waals surface area (Å²) in [5.74, 6) is 5.71. The molecule has 0 radical (unpaired) electrons. The lowest BCUT2D eigenvalue weighted by Gasteiger charge is -1.96. The first-order chi connectivity index (χ1) is 9.29. The molecule has 1 heterocycles. The highest BCUT2D eigenvalue weighted by atomic mass is 16.7. The van der Waals surface area contributed by atoms with Gasteiger partial charge in [0.25, 0.3) is 0 Å². The number of carbonyl (C=O) groups excluding carboxylic acids is 1. The van der Waals surface area contributed by atoms with Crippen LogP contribution in [0.25, 0.3) is 0 Å². The number of esters is 1. The maximum Gasteiger partial charge on any atom is 0.385 e. The van der Waals surface area contributed by atoms with E-state index in [2.05, 4.69) is 11.8 Å². The van der Waals surface area contributed by atoms with Gasteiger partial charge in [0.2, 0.25) is 6.79 Å². The molecule has 0 spiro atoms. The Labute approximate surface area is 110 Å². The maximum absolute atomic E-state index is 11.3. The van der Waals surface area contributed by atoms with Gasteiger partial charge in [0.05, 0.1) is 6.61 Å². The molecular formula is C14H12O5. The molecule has 0 saturated carbocycles. The Balaban J connectivity index is 1.92. The van der Waals surface area contributed by atoms with Crippen LogP contribution in [0.4, 0.5) is 0 Å². The average Bonchev–Trinajstić information content (AvgIpc) is 2.89. The fourth-order valence-corrected chi connectivity index (χ4v) is 1.40. The SMILES string of the molecule is O=C(C#Cc1ccc2c(c1)OCO2)OC/C=C\CO. The van der Waals surface area contributed by atoms with Gasteiger partial charge in [-0.3, -0.25) is 0 Å². The second kappa shape index (κ2) is 6.47. The van der Waals surface area contributed by atoms with E-state index in [0.29, 0.717) is 17.1 Å². The highest BCUT2D eigenvalue weighted by Gasteiger charge is 2.12. The number of hydrogen-bond acceptors (Lipinski definition) is 5. The van der Waals surface area contributed by atoms with Crippen molar-refractivity contribution in [1.82, 2.24) is 0 Å². The fourth-order valence-electron chi connectivity index (χ4n) is 1.40. The summed E-state index contributed by atoms with van der Waals surface area (Å²) in [5, 5.41) is 8.48. The molecule has 0 bridgehead atoms. The zero-order chi connectivity index (χ0) is 13.5. The van der Waals surface area contributed by atoms with Crippen molar-refractivity contribution in [2.24, 2.45) is 0 Å². The van der Waals surface area contributed by atoms with Gasteiger partial charge in [0, 0.05) is 11.5 Å². The van der Waals surface area contributed by atoms with Gasteiger partial charge in [0.1, 0.15) is 6.61 Å². The van der Waals surface area contributed by atoms with Crippen molar-refractivity contribution in [2.75, 3.05) is 20.0 Å². The molecule has 1 aliphatic heterocycles. The zero-order valence-corrected chi connectivity index (χ0v) is 10.1. The van der Waals surface area contributed by atoms with Crippen LogP contribution in [0.3, 0.4) is 0 Å². The molecule has 0 unspecified atom stereocenters. The molecule has 0 fully saturated rings. The van der Waals surface area contributed by atoms with Crippen LogP contribution in [0, 0.1) is 11.8 Å². The lowest BCUT2D eigenvalue weighted by Crippen LogP contribution is -2.00. The minimum absolute atomic E-state index is 0.0829. The zero-order valence-electron chi connectivity index (χ0n) is 10.1. The normalized spacial score (nSPS) is 12.1. The predicted molar refractivity (Wildman–Crippen MR) is 66.6 cm³/mol. The Hall–Kier alpha value is -2.45. The average molecular weight is 260 g/mol. The van der Waals surface area contributed by atoms with Gasteiger partial charge in [-0.15, -0.1) is 0 Å². The third-order valence-electron chi connectivity index (χ3n) is 2.26. The molecule has 5 heteroatoms. The second-order valence-electron chi connectivity index (χ2n) is 3.57. The van der Waals surface area contributed by atoms with Crippen LogP contribution in [0.5, 0.6) is 11.5 Å². The molecule has 0 amide bonds. The van der Waals surface area contributed by atoms with E-state index < -0.39 is 5.97 Å². The van der Waals surface area contributed by atoms with Crippen LogP contribution < -0.4 is 9.47 Å². The van der Waals surface area contributed by atoms with E-state index in [-0.39, 0.29) is 20.0 Å². The summed E-state index contributed by atoms with van der Waals surface area (Å²) < 4.78 is 15.2. The van der Waals surface area contributed by atoms with E-state index in [4.69, 9.17) is 19.3 Å². The van der Waals surface area contributed by atoms with E-state index in [9.17, 15) is 4.79 Å². The largest absolute Gasteiger partial charge is 0.454 e. The van der Waals surface area contributed by atoms with Crippen molar-refractivity contribution in [1.29, 1.82) is 0 Å². The van der Waals surface area contributed by atoms with Gasteiger partial charge in [-0.1, -0.05) is 12.0 Å². The number of aliphatic hydroxyl groups excluding tert-OH is 1. The van der Waals surface area contributed by atoms with Crippen LogP contribution in [-0.4, -0.2) is 31.1 Å². The maximum atomic E-state index is 11.3. The van der Waals surface area contributed by atoms with Crippen molar-refractivity contribution in [3.63, 3.8) is 0 Å². The number of aliphatic hydroxyl groups is 1. The first-order valence-electron chi connectivity index (χ1n) is 5.64. The number of rotatable bonds is 3. The number of ether oxygens (including phenoxy) is 3. The number of carbonyl (C=O) groups is 1. The minimum atomic E-state index is -0.625. The quantitative estimate of drug-likeness (QED) is 0.496. The van der Waals surface area contributed by atoms with Gasteiger partial charge < -0.3 is 19.3 Å². The van der Waals surface area contributed by atoms with Gasteiger partial charge in [-0.2, -0.15) is 0 Å². The van der Waals surface area contributed by atoms with Crippen molar-refractivity contribution < 1.29 is 24.1 Å². The van der Waals surface area contributed by atoms with Crippen molar-refractivity contribution in [3.8, 4) is 23.3 Å². The molecule has 1 N–H and O–H groups in total. The molecular weight excluding hydrogens is 248 g/mol. The van der Waals surface area contributed by atoms with E-state index in [1.807, 2.05) is 0 Å². The van der Waals surface area contributed by atoms with Crippen LogP contribution in [0.2, 0.25) is 0 Å². The van der Waals surface area contributed by atoms with Gasteiger partial charge >= 0.3 is 5.97 Å². The molecule has 1 aromatic carbocycles. The summed E-state index contributed by atoms with van der Waals surface area (Å²) in [4.78, 5) is 11.3. The molecule has 1 aliphatic rings. The van der Waals surface area contributed by atoms with Crippen LogP contribution in [0.1, 0.15) is 5.56 Å². The number of fused-ring (bicyclic) bond motifs is 1. The molecule has 0 aliphatic carbocycles. The first-order valence-corrected chi connectivity index (χ1v) is 5.64. The fraction of sp³-hybridized carbons (Fsp3) is 0.214. The Kier molecular flexibility index (Phi) is 4.43. The molecule has 5 nitrogen and oxygen atoms in total. The van der Waals surface area contributed by atoms with Crippen molar-refractivity contribution in [3.05, 3.63) is 35.9 Å². The molecule has 2 rings (SSSR count). The summed E-state index contributed by atoms with van der Waals surface area (Å²) in [5.41, 5.74) is 0.645. The van der Waals surface area contributed by atoms with Crippen molar-refractivity contribution in [2.45, 2.75) is 0 Å². The molecule has 0 atom stereocenters. The third kappa shape index (κ3) is 3.76. The smallest absolute Gasteiger partial charge is 0.385 e. The molecule has 19 heavy (non-hydrogen) atoms. The lowest BCUT2D eigenvalue weighted by atomic mass is 10.2. The van der Waals surface area contributed by atoms with Crippen LogP contribution in [-0.2, 0) is 9.53 Å². The summed E-state index contributed by atoms with van der Waals surface area (Å²) in [6.07, 6.45) is 3.03. The Morgan fingerprint density at radius 3 is 3.05 bits per heavy atom.